The predicted molar refractivity (Wildman–Crippen MR) is 111 cm³/mol. The number of hydrogen-bond donors (Lipinski definition) is 0. The van der Waals surface area contributed by atoms with Crippen LogP contribution in [0.3, 0.4) is 0 Å². The van der Waals surface area contributed by atoms with E-state index in [1.165, 1.54) is 0 Å². The summed E-state index contributed by atoms with van der Waals surface area (Å²) in [6.45, 7) is 1.73. The average molecular weight is 379 g/mol. The zero-order chi connectivity index (χ0) is 19.5. The van der Waals surface area contributed by atoms with E-state index in [-0.39, 0.29) is 0 Å². The van der Waals surface area contributed by atoms with Gasteiger partial charge in [0, 0.05) is 43.1 Å². The molecule has 6 heteroatoms. The fourth-order valence-electron chi connectivity index (χ4n) is 3.62. The molecule has 0 fully saturated rings. The van der Waals surface area contributed by atoms with Gasteiger partial charge in [-0.15, -0.1) is 0 Å². The van der Waals surface area contributed by atoms with E-state index < -0.39 is 0 Å². The van der Waals surface area contributed by atoms with Crippen LogP contribution in [0.5, 0.6) is 17.2 Å². The minimum absolute atomic E-state index is 0.745. The number of anilines is 1. The van der Waals surface area contributed by atoms with Gasteiger partial charge in [0.2, 0.25) is 5.96 Å². The molecule has 0 atom stereocenters. The van der Waals surface area contributed by atoms with Crippen molar-refractivity contribution in [1.29, 1.82) is 0 Å². The van der Waals surface area contributed by atoms with Crippen molar-refractivity contribution < 1.29 is 14.2 Å². The van der Waals surface area contributed by atoms with Gasteiger partial charge in [-0.1, -0.05) is 12.1 Å². The first-order chi connectivity index (χ1) is 13.7. The molecular weight excluding hydrogens is 354 g/mol. The van der Waals surface area contributed by atoms with Crippen LogP contribution in [0.25, 0.3) is 5.70 Å². The lowest BCUT2D eigenvalue weighted by molar-refractivity contribution is 0.394. The smallest absolute Gasteiger partial charge is 0.210 e. The van der Waals surface area contributed by atoms with Crippen molar-refractivity contribution in [2.45, 2.75) is 12.8 Å². The molecule has 2 aromatic rings. The highest BCUT2D eigenvalue weighted by molar-refractivity contribution is 6.08. The molecule has 2 aromatic carbocycles. The van der Waals surface area contributed by atoms with E-state index in [0.717, 1.165) is 66.1 Å². The lowest BCUT2D eigenvalue weighted by Crippen LogP contribution is -2.34. The number of rotatable bonds is 5. The first-order valence-electron chi connectivity index (χ1n) is 9.44. The van der Waals surface area contributed by atoms with Gasteiger partial charge >= 0.3 is 0 Å². The van der Waals surface area contributed by atoms with Gasteiger partial charge in [-0.05, 0) is 25.0 Å². The molecule has 0 radical (unpaired) electrons. The molecule has 0 unspecified atom stereocenters. The maximum atomic E-state index is 5.62. The Morgan fingerprint density at radius 2 is 1.64 bits per heavy atom. The van der Waals surface area contributed by atoms with E-state index >= 15 is 0 Å². The van der Waals surface area contributed by atoms with Crippen molar-refractivity contribution in [3.05, 3.63) is 54.2 Å². The largest absolute Gasteiger partial charge is 0.497 e. The van der Waals surface area contributed by atoms with Crippen molar-refractivity contribution in [3.8, 4) is 17.2 Å². The molecule has 2 aliphatic rings. The van der Waals surface area contributed by atoms with Gasteiger partial charge < -0.3 is 19.1 Å². The molecule has 146 valence electrons. The van der Waals surface area contributed by atoms with Crippen LogP contribution >= 0.6 is 0 Å². The van der Waals surface area contributed by atoms with Gasteiger partial charge in [0.25, 0.3) is 0 Å². The van der Waals surface area contributed by atoms with Gasteiger partial charge in [0.15, 0.2) is 0 Å². The highest BCUT2D eigenvalue weighted by atomic mass is 16.5. The Morgan fingerprint density at radius 3 is 2.36 bits per heavy atom. The Labute approximate surface area is 165 Å². The molecule has 0 bridgehead atoms. The standard InChI is InChI=1S/C22H25N3O3/c1-26-17-12-16(13-18(14-17)27-2)25-15-20(19-8-4-5-9-21(19)28-3)24-11-7-6-10-23-22(24)25/h4-5,8-9,12-15H,6-7,10-11H2,1-3H3. The first-order valence-corrected chi connectivity index (χ1v) is 9.44. The number of ether oxygens (including phenoxy) is 3. The summed E-state index contributed by atoms with van der Waals surface area (Å²) in [4.78, 5) is 9.26. The van der Waals surface area contributed by atoms with Gasteiger partial charge in [0.1, 0.15) is 17.2 Å². The zero-order valence-corrected chi connectivity index (χ0v) is 16.5. The number of aliphatic imine (C=N–C) groups is 1. The summed E-state index contributed by atoms with van der Waals surface area (Å²) in [5.41, 5.74) is 3.09. The summed E-state index contributed by atoms with van der Waals surface area (Å²) in [6, 6.07) is 14.0. The summed E-state index contributed by atoms with van der Waals surface area (Å²) in [7, 11) is 5.03. The highest BCUT2D eigenvalue weighted by Gasteiger charge is 2.32. The van der Waals surface area contributed by atoms with Gasteiger partial charge in [-0.2, -0.15) is 0 Å². The molecule has 6 nitrogen and oxygen atoms in total. The monoisotopic (exact) mass is 379 g/mol. The lowest BCUT2D eigenvalue weighted by atomic mass is 10.1. The highest BCUT2D eigenvalue weighted by Crippen LogP contribution is 2.38. The van der Waals surface area contributed by atoms with Crippen LogP contribution in [0, 0.1) is 0 Å². The van der Waals surface area contributed by atoms with E-state index in [1.807, 2.05) is 36.4 Å². The molecule has 4 rings (SSSR count). The SMILES string of the molecule is COc1cc(OC)cc(N2C=C(c3ccccc3OC)N3CCCCN=C32)c1. The Morgan fingerprint density at radius 1 is 0.893 bits per heavy atom. The third kappa shape index (κ3) is 3.26. The molecule has 28 heavy (non-hydrogen) atoms. The van der Waals surface area contributed by atoms with E-state index in [9.17, 15) is 0 Å². The Kier molecular flexibility index (Phi) is 5.10. The summed E-state index contributed by atoms with van der Waals surface area (Å²) >= 11 is 0. The molecule has 0 N–H and O–H groups in total. The second kappa shape index (κ2) is 7.84. The van der Waals surface area contributed by atoms with Crippen LogP contribution in [0.4, 0.5) is 5.69 Å². The van der Waals surface area contributed by atoms with Crippen LogP contribution in [-0.2, 0) is 0 Å². The Bertz CT molecular complexity index is 901. The molecule has 2 aliphatic heterocycles. The number of nitrogens with zero attached hydrogens (tertiary/aromatic N) is 3. The molecule has 0 saturated heterocycles. The molecule has 2 heterocycles. The topological polar surface area (TPSA) is 46.5 Å². The van der Waals surface area contributed by atoms with Gasteiger partial charge in [-0.3, -0.25) is 9.89 Å². The van der Waals surface area contributed by atoms with Crippen LogP contribution in [0.2, 0.25) is 0 Å². The van der Waals surface area contributed by atoms with Gasteiger partial charge in [-0.25, -0.2) is 0 Å². The number of guanidine groups is 1. The fraction of sp³-hybridized carbons (Fsp3) is 0.318. The fourth-order valence-corrected chi connectivity index (χ4v) is 3.62. The summed E-state index contributed by atoms with van der Waals surface area (Å²) in [5, 5.41) is 0. The number of hydrogen-bond acceptors (Lipinski definition) is 6. The van der Waals surface area contributed by atoms with Crippen LogP contribution in [0.15, 0.2) is 53.7 Å². The Balaban J connectivity index is 1.84. The second-order valence-corrected chi connectivity index (χ2v) is 6.70. The second-order valence-electron chi connectivity index (χ2n) is 6.70. The first kappa shape index (κ1) is 18.2. The maximum absolute atomic E-state index is 5.62. The van der Waals surface area contributed by atoms with E-state index in [0.29, 0.717) is 0 Å². The van der Waals surface area contributed by atoms with Crippen LogP contribution in [0.1, 0.15) is 18.4 Å². The predicted octanol–water partition coefficient (Wildman–Crippen LogP) is 3.98. The van der Waals surface area contributed by atoms with E-state index in [1.54, 1.807) is 21.3 Å². The summed E-state index contributed by atoms with van der Waals surface area (Å²) in [6.07, 6.45) is 4.29. The minimum atomic E-state index is 0.745. The van der Waals surface area contributed by atoms with Crippen molar-refractivity contribution in [2.24, 2.45) is 4.99 Å². The molecule has 0 saturated carbocycles. The number of para-hydroxylation sites is 1. The number of fused-ring (bicyclic) bond motifs is 1. The maximum Gasteiger partial charge on any atom is 0.210 e. The van der Waals surface area contributed by atoms with Crippen molar-refractivity contribution in [2.75, 3.05) is 39.3 Å². The number of methoxy groups -OCH3 is 3. The van der Waals surface area contributed by atoms with Crippen LogP contribution < -0.4 is 19.1 Å². The van der Waals surface area contributed by atoms with Crippen molar-refractivity contribution in [1.82, 2.24) is 4.90 Å². The van der Waals surface area contributed by atoms with Gasteiger partial charge in [0.05, 0.1) is 32.7 Å². The third-order valence-electron chi connectivity index (χ3n) is 5.04. The molecule has 0 spiro atoms. The Hall–Kier alpha value is -3.15. The van der Waals surface area contributed by atoms with Crippen molar-refractivity contribution >= 4 is 17.3 Å². The quantitative estimate of drug-likeness (QED) is 0.786. The molecule has 0 amide bonds. The lowest BCUT2D eigenvalue weighted by Gasteiger charge is -2.25. The third-order valence-corrected chi connectivity index (χ3v) is 5.04. The summed E-state index contributed by atoms with van der Waals surface area (Å²) in [5.74, 6) is 3.26. The summed E-state index contributed by atoms with van der Waals surface area (Å²) < 4.78 is 16.5. The molecule has 0 aliphatic carbocycles. The molecular formula is C22H25N3O3. The molecule has 0 aromatic heterocycles. The average Bonchev–Trinajstić information content (AvgIpc) is 2.93. The normalized spacial score (nSPS) is 16.1. The minimum Gasteiger partial charge on any atom is -0.497 e. The number of benzene rings is 2. The van der Waals surface area contributed by atoms with E-state index in [4.69, 9.17) is 19.2 Å². The van der Waals surface area contributed by atoms with Crippen molar-refractivity contribution in [3.63, 3.8) is 0 Å². The zero-order valence-electron chi connectivity index (χ0n) is 16.5. The van der Waals surface area contributed by atoms with Crippen LogP contribution in [-0.4, -0.2) is 45.3 Å². The van der Waals surface area contributed by atoms with E-state index in [2.05, 4.69) is 22.1 Å².